The first-order chi connectivity index (χ1) is 48.8. The third-order valence-corrected chi connectivity index (χ3v) is 21.5. The third kappa shape index (κ3) is 14.8. The van der Waals surface area contributed by atoms with E-state index in [0.717, 1.165) is 128 Å². The molecule has 10 rings (SSSR count). The van der Waals surface area contributed by atoms with Gasteiger partial charge in [0.1, 0.15) is 71.6 Å². The highest BCUT2D eigenvalue weighted by Gasteiger charge is 2.39. The predicted molar refractivity (Wildman–Crippen MR) is 415 cm³/mol. The first-order valence-corrected chi connectivity index (χ1v) is 35.6. The Morgan fingerprint density at radius 2 is 0.481 bits per heavy atom. The molecule has 0 aromatic heterocycles. The monoisotopic (exact) mass is 1400 g/mol. The van der Waals surface area contributed by atoms with Crippen molar-refractivity contribution in [3.8, 4) is 51.7 Å². The van der Waals surface area contributed by atoms with Gasteiger partial charge in [-0.3, -0.25) is 14.4 Å². The number of hydrogen-bond donors (Lipinski definition) is 6. The highest BCUT2D eigenvalue weighted by atomic mass is 16.5. The van der Waals surface area contributed by atoms with Gasteiger partial charge in [0.25, 0.3) is 0 Å². The maximum absolute atomic E-state index is 13.2. The second-order valence-corrected chi connectivity index (χ2v) is 30.2. The van der Waals surface area contributed by atoms with Gasteiger partial charge in [-0.1, -0.05) is 98.8 Å². The average molecular weight is 1400 g/mol. The van der Waals surface area contributed by atoms with E-state index in [1.54, 1.807) is 36.4 Å². The highest BCUT2D eigenvalue weighted by molar-refractivity contribution is 5.79. The number of aromatic hydroxyl groups is 6. The number of phenols is 6. The Hall–Kier alpha value is -10.6. The van der Waals surface area contributed by atoms with E-state index in [1.165, 1.54) is 20.8 Å². The zero-order chi connectivity index (χ0) is 76.2. The molecule has 0 aliphatic rings. The zero-order valence-electron chi connectivity index (χ0n) is 64.2. The minimum Gasteiger partial charge on any atom is -0.508 e. The number of carbonyl (C=O) groups is 3. The van der Waals surface area contributed by atoms with E-state index in [2.05, 4.69) is 81.4 Å². The van der Waals surface area contributed by atoms with E-state index in [0.29, 0.717) is 50.6 Å². The van der Waals surface area contributed by atoms with Crippen LogP contribution in [-0.4, -0.2) is 67.8 Å². The number of Topliss-reactive ketones (excluding diaryl/α,β-unsaturated/α-hetero) is 3. The molecule has 6 N–H and O–H groups in total. The molecule has 0 amide bonds. The van der Waals surface area contributed by atoms with E-state index in [9.17, 15) is 45.0 Å². The fraction of sp³-hybridized carbons (Fsp3) is 0.315. The lowest BCUT2D eigenvalue weighted by atomic mass is 9.67. The molecule has 0 heterocycles. The van der Waals surface area contributed by atoms with Crippen molar-refractivity contribution in [2.75, 3.05) is 19.8 Å². The van der Waals surface area contributed by atoms with Gasteiger partial charge < -0.3 is 44.8 Å². The lowest BCUT2D eigenvalue weighted by Crippen LogP contribution is -2.28. The fourth-order valence-electron chi connectivity index (χ4n) is 15.3. The van der Waals surface area contributed by atoms with Gasteiger partial charge >= 0.3 is 0 Å². The van der Waals surface area contributed by atoms with E-state index < -0.39 is 28.6 Å². The largest absolute Gasteiger partial charge is 0.508 e. The Balaban J connectivity index is 1.31. The molecule has 0 atom stereocenters. The number of aryl methyl sites for hydroxylation is 15. The van der Waals surface area contributed by atoms with Crippen molar-refractivity contribution in [2.24, 2.45) is 0 Å². The second kappa shape index (κ2) is 29.6. The van der Waals surface area contributed by atoms with Crippen LogP contribution in [0.1, 0.15) is 221 Å². The Kier molecular flexibility index (Phi) is 21.7. The van der Waals surface area contributed by atoms with Crippen LogP contribution in [0.25, 0.3) is 0 Å². The predicted octanol–water partition coefficient (Wildman–Crippen LogP) is 19.7. The zero-order valence-corrected chi connectivity index (χ0v) is 64.2. The molecule has 104 heavy (non-hydrogen) atoms. The van der Waals surface area contributed by atoms with Crippen molar-refractivity contribution in [3.63, 3.8) is 0 Å². The van der Waals surface area contributed by atoms with Crippen LogP contribution in [0, 0.1) is 104 Å². The van der Waals surface area contributed by atoms with Crippen LogP contribution in [-0.2, 0) is 25.2 Å². The van der Waals surface area contributed by atoms with E-state index in [-0.39, 0.29) is 71.7 Å². The van der Waals surface area contributed by atoms with Crippen LogP contribution in [0.3, 0.4) is 0 Å². The molecule has 0 aliphatic heterocycles. The van der Waals surface area contributed by atoms with Crippen molar-refractivity contribution in [3.05, 3.63) is 295 Å². The molecule has 0 unspecified atom stereocenters. The SMILES string of the molecule is CC(=O)COc1c(C)cc(C(C)(C)c2ccc(C(C)(c3cc(C)c(OCC(C)=O)c(C(c4cc(C)c(O)cc4C)c4cc(C)c(O)cc4C)c3)c3cc(C)c(OCC(C)=O)c(C(c4cc(C)c(O)cc4C)c4cc(C)c(O)cc4C)c3)cc2)cc1C(c1cc(C)c(O)cc1C)c1cc(C)c(O)cc1C. The lowest BCUT2D eigenvalue weighted by Gasteiger charge is -2.37. The number of carbonyl (C=O) groups excluding carboxylic acids is 3. The number of benzene rings is 10. The molecule has 0 saturated carbocycles. The van der Waals surface area contributed by atoms with Gasteiger partial charge in [0.15, 0.2) is 17.3 Å². The number of phenolic OH excluding ortho intramolecular Hbond substituents is 6. The molecule has 12 nitrogen and oxygen atoms in total. The molecular formula is C92H100O12. The molecule has 0 radical (unpaired) electrons. The van der Waals surface area contributed by atoms with Gasteiger partial charge in [0, 0.05) is 45.3 Å². The summed E-state index contributed by atoms with van der Waals surface area (Å²) in [5.74, 6) is 0.332. The quantitative estimate of drug-likeness (QED) is 0.0332. The minimum absolute atomic E-state index is 0.140. The molecule has 10 aromatic rings. The van der Waals surface area contributed by atoms with Crippen molar-refractivity contribution in [2.45, 2.75) is 174 Å². The topological polar surface area (TPSA) is 200 Å². The van der Waals surface area contributed by atoms with Crippen LogP contribution in [0.2, 0.25) is 0 Å². The lowest BCUT2D eigenvalue weighted by molar-refractivity contribution is -0.119. The summed E-state index contributed by atoms with van der Waals surface area (Å²) in [6, 6.07) is 44.4. The van der Waals surface area contributed by atoms with Crippen molar-refractivity contribution in [1.82, 2.24) is 0 Å². The van der Waals surface area contributed by atoms with Crippen LogP contribution >= 0.6 is 0 Å². The van der Waals surface area contributed by atoms with E-state index in [1.807, 2.05) is 140 Å². The van der Waals surface area contributed by atoms with Crippen molar-refractivity contribution >= 4 is 17.3 Å². The second-order valence-electron chi connectivity index (χ2n) is 30.2. The molecule has 0 aliphatic carbocycles. The Bertz CT molecular complexity index is 4720. The summed E-state index contributed by atoms with van der Waals surface area (Å²) in [6.07, 6.45) is 0. The van der Waals surface area contributed by atoms with Gasteiger partial charge in [0.05, 0.1) is 0 Å². The van der Waals surface area contributed by atoms with Gasteiger partial charge in [-0.2, -0.15) is 0 Å². The molecule has 12 heteroatoms. The molecule has 0 bridgehead atoms. The highest BCUT2D eigenvalue weighted by Crippen LogP contribution is 2.53. The van der Waals surface area contributed by atoms with Crippen LogP contribution in [0.15, 0.2) is 133 Å². The summed E-state index contributed by atoms with van der Waals surface area (Å²) in [4.78, 5) is 39.3. The summed E-state index contributed by atoms with van der Waals surface area (Å²) in [5.41, 5.74) is 21.6. The van der Waals surface area contributed by atoms with E-state index in [4.69, 9.17) is 14.2 Å². The third-order valence-electron chi connectivity index (χ3n) is 21.5. The average Bonchev–Trinajstić information content (AvgIpc) is 0.733. The normalized spacial score (nSPS) is 11.8. The van der Waals surface area contributed by atoms with Crippen LogP contribution in [0.4, 0.5) is 0 Å². The van der Waals surface area contributed by atoms with Crippen LogP contribution < -0.4 is 14.2 Å². The smallest absolute Gasteiger partial charge is 0.167 e. The number of hydrogen-bond acceptors (Lipinski definition) is 12. The minimum atomic E-state index is -1.12. The Labute approximate surface area is 613 Å². The Morgan fingerprint density at radius 3 is 0.712 bits per heavy atom. The Morgan fingerprint density at radius 1 is 0.269 bits per heavy atom. The van der Waals surface area contributed by atoms with E-state index >= 15 is 0 Å². The maximum atomic E-state index is 13.2. The van der Waals surface area contributed by atoms with Crippen molar-refractivity contribution in [1.29, 1.82) is 0 Å². The molecular weight excluding hydrogens is 1300 g/mol. The van der Waals surface area contributed by atoms with Gasteiger partial charge in [0.2, 0.25) is 0 Å². The standard InChI is InChI=1S/C92H100O12/c1-47-35-79(96)53(7)29-70(47)85(71-30-54(8)80(97)36-48(71)2)76-41-67(26-59(13)88(76)102-44-62(16)93)91(19,20)65-22-24-66(25-23-65)92(21,68-27-60(14)89(103-45-63(17)94)77(42-68)86(72-31-55(9)81(98)37-49(72)3)73-32-56(10)82(99)38-50(73)4)69-28-61(15)90(104-46-64(18)95)78(43-69)87(74-33-57(11)83(100)39-51(74)5)75-34-58(12)84(101)40-52(75)6/h22-43,85-87,96-101H,44-46H2,1-21H3. The summed E-state index contributed by atoms with van der Waals surface area (Å²) in [6.45, 7) is 39.6. The summed E-state index contributed by atoms with van der Waals surface area (Å²) in [7, 11) is 0. The fourth-order valence-corrected chi connectivity index (χ4v) is 15.3. The molecule has 0 fully saturated rings. The number of rotatable bonds is 23. The van der Waals surface area contributed by atoms with Crippen LogP contribution in [0.5, 0.6) is 51.7 Å². The first-order valence-electron chi connectivity index (χ1n) is 35.6. The van der Waals surface area contributed by atoms with Gasteiger partial charge in [-0.05, 0) is 325 Å². The molecule has 0 saturated heterocycles. The number of ether oxygens (including phenoxy) is 3. The maximum Gasteiger partial charge on any atom is 0.167 e. The molecule has 10 aromatic carbocycles. The van der Waals surface area contributed by atoms with Gasteiger partial charge in [-0.25, -0.2) is 0 Å². The van der Waals surface area contributed by atoms with Gasteiger partial charge in [-0.15, -0.1) is 0 Å². The summed E-state index contributed by atoms with van der Waals surface area (Å²) >= 11 is 0. The first kappa shape index (κ1) is 76.1. The summed E-state index contributed by atoms with van der Waals surface area (Å²) < 4.78 is 20.2. The molecule has 0 spiro atoms. The molecule has 540 valence electrons. The number of ketones is 3. The summed E-state index contributed by atoms with van der Waals surface area (Å²) in [5, 5.41) is 67.5. The van der Waals surface area contributed by atoms with Crippen molar-refractivity contribution < 1.29 is 59.2 Å².